The first-order valence-electron chi connectivity index (χ1n) is 9.44. The normalized spacial score (nSPS) is 15.3. The molecule has 5 nitrogen and oxygen atoms in total. The molecule has 7 heteroatoms. The van der Waals surface area contributed by atoms with E-state index in [4.69, 9.17) is 0 Å². The van der Waals surface area contributed by atoms with Gasteiger partial charge < -0.3 is 0 Å². The topological polar surface area (TPSA) is 69.0 Å². The second kappa shape index (κ2) is 7.22. The Balaban J connectivity index is 1.90. The largest absolute Gasteiger partial charge is 0.275 e. The average molecular weight is 412 g/mol. The Kier molecular flexibility index (Phi) is 4.86. The van der Waals surface area contributed by atoms with E-state index in [-0.39, 0.29) is 22.3 Å². The molecule has 1 atom stereocenters. The van der Waals surface area contributed by atoms with Crippen molar-refractivity contribution in [3.8, 4) is 22.3 Å². The molecule has 1 aliphatic rings. The van der Waals surface area contributed by atoms with Gasteiger partial charge in [0.05, 0.1) is 22.7 Å². The van der Waals surface area contributed by atoms with Crippen molar-refractivity contribution >= 4 is 9.84 Å². The molecule has 1 saturated carbocycles. The van der Waals surface area contributed by atoms with Crippen molar-refractivity contribution in [2.24, 2.45) is 5.92 Å². The Labute approximate surface area is 168 Å². The molecular weight excluding hydrogens is 391 g/mol. The van der Waals surface area contributed by atoms with Gasteiger partial charge in [-0.05, 0) is 61.1 Å². The van der Waals surface area contributed by atoms with Crippen LogP contribution in [0, 0.1) is 11.7 Å². The third-order valence-electron chi connectivity index (χ3n) is 5.42. The van der Waals surface area contributed by atoms with E-state index in [1.807, 2.05) is 6.92 Å². The van der Waals surface area contributed by atoms with Crippen molar-refractivity contribution in [3.63, 3.8) is 0 Å². The number of hydrogen-bond acceptors (Lipinski definition) is 4. The minimum atomic E-state index is -3.32. The van der Waals surface area contributed by atoms with E-state index in [0.717, 1.165) is 19.1 Å². The minimum absolute atomic E-state index is 0.0108. The Morgan fingerprint density at radius 3 is 2.17 bits per heavy atom. The number of sulfone groups is 1. The molecule has 2 aromatic carbocycles. The van der Waals surface area contributed by atoms with Crippen molar-refractivity contribution in [2.75, 3.05) is 6.26 Å². The summed E-state index contributed by atoms with van der Waals surface area (Å²) in [6.07, 6.45) is 4.94. The van der Waals surface area contributed by atoms with Gasteiger partial charge in [0.1, 0.15) is 5.82 Å². The van der Waals surface area contributed by atoms with Gasteiger partial charge in [-0.3, -0.25) is 4.79 Å². The van der Waals surface area contributed by atoms with Crippen LogP contribution in [-0.4, -0.2) is 24.5 Å². The quantitative estimate of drug-likeness (QED) is 0.633. The smallest absolute Gasteiger partial charge is 0.267 e. The standard InChI is InChI=1S/C22H21FN2O3S/c1-14(15-3-4-15)25-22(26)21(17-5-9-18(23)10-6-17)20(13-24-25)16-7-11-19(12-8-16)29(2,27)28/h5-15H,3-4H2,1-2H3/t14-/m1/s1. The highest BCUT2D eigenvalue weighted by atomic mass is 32.2. The summed E-state index contributed by atoms with van der Waals surface area (Å²) < 4.78 is 38.4. The lowest BCUT2D eigenvalue weighted by Crippen LogP contribution is -2.28. The fraction of sp³-hybridized carbons (Fsp3) is 0.273. The molecule has 0 saturated heterocycles. The lowest BCUT2D eigenvalue weighted by Gasteiger charge is -2.17. The van der Waals surface area contributed by atoms with Gasteiger partial charge in [-0.2, -0.15) is 5.10 Å². The van der Waals surface area contributed by atoms with Crippen LogP contribution in [-0.2, 0) is 9.84 Å². The van der Waals surface area contributed by atoms with Crippen LogP contribution < -0.4 is 5.56 Å². The van der Waals surface area contributed by atoms with E-state index >= 15 is 0 Å². The molecule has 150 valence electrons. The number of nitrogens with zero attached hydrogens (tertiary/aromatic N) is 2. The van der Waals surface area contributed by atoms with Crippen molar-refractivity contribution in [3.05, 3.63) is 70.9 Å². The summed E-state index contributed by atoms with van der Waals surface area (Å²) >= 11 is 0. The van der Waals surface area contributed by atoms with Gasteiger partial charge in [0, 0.05) is 11.8 Å². The van der Waals surface area contributed by atoms with Crippen LogP contribution in [0.3, 0.4) is 0 Å². The lowest BCUT2D eigenvalue weighted by atomic mass is 9.97. The second-order valence-corrected chi connectivity index (χ2v) is 9.58. The number of benzene rings is 2. The summed E-state index contributed by atoms with van der Waals surface area (Å²) in [5.41, 5.74) is 2.05. The molecule has 0 amide bonds. The van der Waals surface area contributed by atoms with Crippen molar-refractivity contribution < 1.29 is 12.8 Å². The van der Waals surface area contributed by atoms with Gasteiger partial charge in [-0.1, -0.05) is 24.3 Å². The van der Waals surface area contributed by atoms with Gasteiger partial charge in [-0.25, -0.2) is 17.5 Å². The highest BCUT2D eigenvalue weighted by Gasteiger charge is 2.31. The second-order valence-electron chi connectivity index (χ2n) is 7.56. The van der Waals surface area contributed by atoms with Crippen LogP contribution >= 0.6 is 0 Å². The van der Waals surface area contributed by atoms with Gasteiger partial charge >= 0.3 is 0 Å². The third kappa shape index (κ3) is 3.87. The summed E-state index contributed by atoms with van der Waals surface area (Å²) in [7, 11) is -3.32. The van der Waals surface area contributed by atoms with Crippen molar-refractivity contribution in [1.29, 1.82) is 0 Å². The van der Waals surface area contributed by atoms with Crippen LogP contribution in [0.25, 0.3) is 22.3 Å². The predicted octanol–water partition coefficient (Wildman–Crippen LogP) is 4.09. The highest BCUT2D eigenvalue weighted by Crippen LogP contribution is 2.39. The monoisotopic (exact) mass is 412 g/mol. The van der Waals surface area contributed by atoms with Crippen molar-refractivity contribution in [1.82, 2.24) is 9.78 Å². The van der Waals surface area contributed by atoms with Gasteiger partial charge in [0.15, 0.2) is 9.84 Å². The van der Waals surface area contributed by atoms with Crippen LogP contribution in [0.5, 0.6) is 0 Å². The van der Waals surface area contributed by atoms with E-state index in [0.29, 0.717) is 28.2 Å². The van der Waals surface area contributed by atoms with E-state index in [1.165, 1.54) is 28.9 Å². The van der Waals surface area contributed by atoms with E-state index in [2.05, 4.69) is 5.10 Å². The van der Waals surface area contributed by atoms with Crippen LogP contribution in [0.1, 0.15) is 25.8 Å². The van der Waals surface area contributed by atoms with Crippen LogP contribution in [0.15, 0.2) is 64.4 Å². The zero-order valence-corrected chi connectivity index (χ0v) is 17.0. The summed E-state index contributed by atoms with van der Waals surface area (Å²) in [6, 6.07) is 12.1. The zero-order chi connectivity index (χ0) is 20.8. The van der Waals surface area contributed by atoms with Gasteiger partial charge in [-0.15, -0.1) is 0 Å². The molecule has 0 N–H and O–H groups in total. The molecule has 3 aromatic rings. The molecular formula is C22H21FN2O3S. The molecule has 4 rings (SSSR count). The number of rotatable bonds is 5. The maximum atomic E-state index is 13.5. The first kappa shape index (κ1) is 19.5. The molecule has 1 aromatic heterocycles. The van der Waals surface area contributed by atoms with Gasteiger partial charge in [0.2, 0.25) is 0 Å². The molecule has 0 spiro atoms. The summed E-state index contributed by atoms with van der Waals surface area (Å²) in [5.74, 6) is 0.0645. The average Bonchev–Trinajstić information content (AvgIpc) is 3.53. The Bertz CT molecular complexity index is 1210. The van der Waals surface area contributed by atoms with Crippen LogP contribution in [0.4, 0.5) is 4.39 Å². The van der Waals surface area contributed by atoms with Crippen molar-refractivity contribution in [2.45, 2.75) is 30.7 Å². The highest BCUT2D eigenvalue weighted by molar-refractivity contribution is 7.90. The summed E-state index contributed by atoms with van der Waals surface area (Å²) in [5, 5.41) is 4.40. The molecule has 1 aliphatic carbocycles. The van der Waals surface area contributed by atoms with Gasteiger partial charge in [0.25, 0.3) is 5.56 Å². The summed E-state index contributed by atoms with van der Waals surface area (Å²) in [4.78, 5) is 13.6. The molecule has 0 unspecified atom stereocenters. The molecule has 0 bridgehead atoms. The molecule has 0 radical (unpaired) electrons. The summed E-state index contributed by atoms with van der Waals surface area (Å²) in [6.45, 7) is 1.99. The molecule has 0 aliphatic heterocycles. The number of halogens is 1. The molecule has 1 fully saturated rings. The Hall–Kier alpha value is -2.80. The fourth-order valence-electron chi connectivity index (χ4n) is 3.53. The maximum Gasteiger partial charge on any atom is 0.275 e. The first-order valence-corrected chi connectivity index (χ1v) is 11.3. The lowest BCUT2D eigenvalue weighted by molar-refractivity contribution is 0.420. The molecule has 29 heavy (non-hydrogen) atoms. The van der Waals surface area contributed by atoms with Crippen LogP contribution in [0.2, 0.25) is 0 Å². The van der Waals surface area contributed by atoms with E-state index < -0.39 is 9.84 Å². The zero-order valence-electron chi connectivity index (χ0n) is 16.2. The SMILES string of the molecule is C[C@H](C1CC1)n1ncc(-c2ccc(S(C)(=O)=O)cc2)c(-c2ccc(F)cc2)c1=O. The minimum Gasteiger partial charge on any atom is -0.267 e. The first-order chi connectivity index (χ1) is 13.8. The van der Waals surface area contributed by atoms with E-state index in [9.17, 15) is 17.6 Å². The predicted molar refractivity (Wildman–Crippen MR) is 110 cm³/mol. The fourth-order valence-corrected chi connectivity index (χ4v) is 4.16. The number of aromatic nitrogens is 2. The van der Waals surface area contributed by atoms with E-state index in [1.54, 1.807) is 30.5 Å². The number of hydrogen-bond donors (Lipinski definition) is 0. The third-order valence-corrected chi connectivity index (χ3v) is 6.55. The maximum absolute atomic E-state index is 13.5. The Morgan fingerprint density at radius 2 is 1.62 bits per heavy atom. The Morgan fingerprint density at radius 1 is 1.03 bits per heavy atom. The molecule has 1 heterocycles.